The van der Waals surface area contributed by atoms with Crippen molar-refractivity contribution in [1.82, 2.24) is 9.80 Å². The molecule has 0 spiro atoms. The van der Waals surface area contributed by atoms with Crippen LogP contribution in [0.3, 0.4) is 0 Å². The summed E-state index contributed by atoms with van der Waals surface area (Å²) < 4.78 is 13.8. The number of hydrogen-bond acceptors (Lipinski definition) is 2. The fourth-order valence-corrected chi connectivity index (χ4v) is 3.98. The summed E-state index contributed by atoms with van der Waals surface area (Å²) in [5.41, 5.74) is 1.58. The van der Waals surface area contributed by atoms with E-state index in [1.54, 1.807) is 6.07 Å². The Kier molecular flexibility index (Phi) is 4.40. The molecule has 2 aromatic carbocycles. The van der Waals surface area contributed by atoms with Crippen molar-refractivity contribution in [3.63, 3.8) is 0 Å². The van der Waals surface area contributed by atoms with E-state index in [2.05, 4.69) is 10.2 Å². The van der Waals surface area contributed by atoms with Gasteiger partial charge in [0, 0.05) is 44.0 Å². The largest absolute Gasteiger partial charge is 0.324 e. The van der Waals surface area contributed by atoms with Gasteiger partial charge in [-0.3, -0.25) is 4.90 Å². The highest BCUT2D eigenvalue weighted by Crippen LogP contribution is 2.32. The summed E-state index contributed by atoms with van der Waals surface area (Å²) in [6.45, 7) is 4.05. The molecule has 0 aliphatic carbocycles. The normalized spacial score (nSPS) is 22.8. The van der Waals surface area contributed by atoms with Gasteiger partial charge < -0.3 is 10.2 Å². The smallest absolute Gasteiger partial charge is 0.321 e. The van der Waals surface area contributed by atoms with Gasteiger partial charge in [-0.05, 0) is 30.0 Å². The van der Waals surface area contributed by atoms with E-state index in [0.717, 1.165) is 37.4 Å². The van der Waals surface area contributed by atoms with Crippen LogP contribution in [-0.2, 0) is 6.54 Å². The molecule has 2 atom stereocenters. The molecule has 2 aromatic rings. The fourth-order valence-electron chi connectivity index (χ4n) is 3.98. The molecule has 2 aliphatic heterocycles. The lowest BCUT2D eigenvalue weighted by atomic mass is 10.0. The van der Waals surface area contributed by atoms with Crippen LogP contribution in [0.1, 0.15) is 5.56 Å². The molecule has 4 rings (SSSR count). The Hall–Kier alpha value is -2.40. The standard InChI is InChI=1S/C20H22FN3O/c21-19-9-5-4-6-15(19)10-23-11-16-13-24(14-17(16)12-23)20(25)22-18-7-2-1-3-8-18/h1-9,16-17H,10-14H2,(H,22,25). The number of amides is 2. The van der Waals surface area contributed by atoms with Crippen LogP contribution >= 0.6 is 0 Å². The van der Waals surface area contributed by atoms with Gasteiger partial charge in [0.15, 0.2) is 0 Å². The van der Waals surface area contributed by atoms with E-state index in [-0.39, 0.29) is 11.8 Å². The molecule has 130 valence electrons. The second-order valence-electron chi connectivity index (χ2n) is 7.01. The van der Waals surface area contributed by atoms with Crippen molar-refractivity contribution in [3.8, 4) is 0 Å². The zero-order valence-corrected chi connectivity index (χ0v) is 14.1. The number of para-hydroxylation sites is 1. The minimum Gasteiger partial charge on any atom is -0.324 e. The maximum Gasteiger partial charge on any atom is 0.321 e. The zero-order chi connectivity index (χ0) is 17.2. The molecule has 5 heteroatoms. The molecular weight excluding hydrogens is 317 g/mol. The quantitative estimate of drug-likeness (QED) is 0.930. The van der Waals surface area contributed by atoms with Crippen LogP contribution in [0.2, 0.25) is 0 Å². The summed E-state index contributed by atoms with van der Waals surface area (Å²) in [6, 6.07) is 16.5. The fraction of sp³-hybridized carbons (Fsp3) is 0.350. The Morgan fingerprint density at radius 3 is 2.28 bits per heavy atom. The summed E-state index contributed by atoms with van der Waals surface area (Å²) in [6.07, 6.45) is 0. The van der Waals surface area contributed by atoms with Crippen molar-refractivity contribution in [2.75, 3.05) is 31.5 Å². The minimum atomic E-state index is -0.136. The molecule has 0 bridgehead atoms. The minimum absolute atomic E-state index is 0.0266. The molecule has 0 radical (unpaired) electrons. The zero-order valence-electron chi connectivity index (χ0n) is 14.1. The highest BCUT2D eigenvalue weighted by Gasteiger charge is 2.41. The van der Waals surface area contributed by atoms with E-state index < -0.39 is 0 Å². The van der Waals surface area contributed by atoms with Gasteiger partial charge in [-0.1, -0.05) is 36.4 Å². The lowest BCUT2D eigenvalue weighted by Crippen LogP contribution is -2.36. The van der Waals surface area contributed by atoms with Gasteiger partial charge in [-0.2, -0.15) is 0 Å². The molecule has 2 saturated heterocycles. The van der Waals surface area contributed by atoms with Crippen LogP contribution in [-0.4, -0.2) is 42.0 Å². The van der Waals surface area contributed by atoms with E-state index in [4.69, 9.17) is 0 Å². The van der Waals surface area contributed by atoms with E-state index in [1.807, 2.05) is 47.4 Å². The van der Waals surface area contributed by atoms with Crippen LogP contribution in [0, 0.1) is 17.7 Å². The third-order valence-electron chi connectivity index (χ3n) is 5.23. The summed E-state index contributed by atoms with van der Waals surface area (Å²) in [7, 11) is 0. The Morgan fingerprint density at radius 2 is 1.60 bits per heavy atom. The molecule has 2 amide bonds. The summed E-state index contributed by atoms with van der Waals surface area (Å²) in [5, 5.41) is 2.96. The van der Waals surface area contributed by atoms with Crippen molar-refractivity contribution < 1.29 is 9.18 Å². The molecule has 4 nitrogen and oxygen atoms in total. The van der Waals surface area contributed by atoms with Crippen molar-refractivity contribution in [2.24, 2.45) is 11.8 Å². The second kappa shape index (κ2) is 6.84. The highest BCUT2D eigenvalue weighted by molar-refractivity contribution is 5.89. The Morgan fingerprint density at radius 1 is 0.960 bits per heavy atom. The molecular formula is C20H22FN3O. The number of fused-ring (bicyclic) bond motifs is 1. The third-order valence-corrected chi connectivity index (χ3v) is 5.23. The van der Waals surface area contributed by atoms with E-state index >= 15 is 0 Å². The van der Waals surface area contributed by atoms with Crippen molar-refractivity contribution in [2.45, 2.75) is 6.54 Å². The average molecular weight is 339 g/mol. The predicted octanol–water partition coefficient (Wildman–Crippen LogP) is 3.42. The van der Waals surface area contributed by atoms with Crippen LogP contribution < -0.4 is 5.32 Å². The SMILES string of the molecule is O=C(Nc1ccccc1)N1CC2CN(Cc3ccccc3F)CC2C1. The van der Waals surface area contributed by atoms with Crippen molar-refractivity contribution >= 4 is 11.7 Å². The van der Waals surface area contributed by atoms with Crippen LogP contribution in [0.25, 0.3) is 0 Å². The first-order chi connectivity index (χ1) is 12.2. The van der Waals surface area contributed by atoms with Crippen molar-refractivity contribution in [3.05, 3.63) is 66.0 Å². The third kappa shape index (κ3) is 3.51. The Bertz CT molecular complexity index is 738. The molecule has 25 heavy (non-hydrogen) atoms. The van der Waals surface area contributed by atoms with Crippen LogP contribution in [0.15, 0.2) is 54.6 Å². The monoisotopic (exact) mass is 339 g/mol. The van der Waals surface area contributed by atoms with Gasteiger partial charge >= 0.3 is 6.03 Å². The molecule has 2 aliphatic rings. The average Bonchev–Trinajstić information content (AvgIpc) is 3.16. The maximum absolute atomic E-state index is 13.8. The number of rotatable bonds is 3. The number of carbonyl (C=O) groups is 1. The van der Waals surface area contributed by atoms with Crippen LogP contribution in [0.5, 0.6) is 0 Å². The molecule has 0 saturated carbocycles. The van der Waals surface area contributed by atoms with Gasteiger partial charge in [-0.15, -0.1) is 0 Å². The molecule has 2 heterocycles. The van der Waals surface area contributed by atoms with Gasteiger partial charge in [0.1, 0.15) is 5.82 Å². The maximum atomic E-state index is 13.8. The number of urea groups is 1. The summed E-state index contributed by atoms with van der Waals surface area (Å²) in [5.74, 6) is 0.824. The van der Waals surface area contributed by atoms with Crippen molar-refractivity contribution in [1.29, 1.82) is 0 Å². The Labute approximate surface area is 147 Å². The first-order valence-corrected chi connectivity index (χ1v) is 8.76. The van der Waals surface area contributed by atoms with E-state index in [1.165, 1.54) is 6.07 Å². The number of likely N-dealkylation sites (tertiary alicyclic amines) is 2. The van der Waals surface area contributed by atoms with Gasteiger partial charge in [0.2, 0.25) is 0 Å². The number of nitrogens with zero attached hydrogens (tertiary/aromatic N) is 2. The van der Waals surface area contributed by atoms with Gasteiger partial charge in [-0.25, -0.2) is 9.18 Å². The van der Waals surface area contributed by atoms with Gasteiger partial charge in [0.05, 0.1) is 0 Å². The van der Waals surface area contributed by atoms with Gasteiger partial charge in [0.25, 0.3) is 0 Å². The number of carbonyl (C=O) groups excluding carboxylic acids is 1. The van der Waals surface area contributed by atoms with E-state index in [9.17, 15) is 9.18 Å². The predicted molar refractivity (Wildman–Crippen MR) is 95.7 cm³/mol. The first kappa shape index (κ1) is 16.1. The second-order valence-corrected chi connectivity index (χ2v) is 7.01. The van der Waals surface area contributed by atoms with Crippen LogP contribution in [0.4, 0.5) is 14.9 Å². The lowest BCUT2D eigenvalue weighted by molar-refractivity contribution is 0.211. The molecule has 2 unspecified atom stereocenters. The van der Waals surface area contributed by atoms with E-state index in [0.29, 0.717) is 18.4 Å². The molecule has 0 aromatic heterocycles. The highest BCUT2D eigenvalue weighted by atomic mass is 19.1. The number of halogens is 1. The lowest BCUT2D eigenvalue weighted by Gasteiger charge is -2.22. The number of benzene rings is 2. The topological polar surface area (TPSA) is 35.6 Å². The molecule has 2 fully saturated rings. The number of anilines is 1. The summed E-state index contributed by atoms with van der Waals surface area (Å²) in [4.78, 5) is 16.6. The summed E-state index contributed by atoms with van der Waals surface area (Å²) >= 11 is 0. The first-order valence-electron chi connectivity index (χ1n) is 8.76. The Balaban J connectivity index is 1.32. The number of hydrogen-bond donors (Lipinski definition) is 1. The number of nitrogens with one attached hydrogen (secondary N) is 1. The molecule has 1 N–H and O–H groups in total.